The van der Waals surface area contributed by atoms with Crippen molar-refractivity contribution >= 4 is 41.0 Å². The molecule has 5 heteroatoms. The Labute approximate surface area is 191 Å². The molecule has 0 aromatic heterocycles. The molecule has 1 aliphatic heterocycles. The van der Waals surface area contributed by atoms with Gasteiger partial charge in [0.25, 0.3) is 11.8 Å². The number of thioether (sulfide) groups is 2. The monoisotopic (exact) mass is 445 g/mol. The highest BCUT2D eigenvalue weighted by molar-refractivity contribution is 8.08. The van der Waals surface area contributed by atoms with E-state index in [1.165, 1.54) is 34.0 Å². The minimum absolute atomic E-state index is 0.265. The van der Waals surface area contributed by atoms with Gasteiger partial charge in [0.05, 0.1) is 15.5 Å². The van der Waals surface area contributed by atoms with Crippen molar-refractivity contribution < 1.29 is 9.59 Å². The number of rotatable bonds is 8. The molecule has 156 valence electrons. The van der Waals surface area contributed by atoms with Gasteiger partial charge in [0.1, 0.15) is 0 Å². The third-order valence-corrected chi connectivity index (χ3v) is 7.25. The zero-order valence-corrected chi connectivity index (χ0v) is 18.9. The first-order chi connectivity index (χ1) is 15.2. The van der Waals surface area contributed by atoms with Gasteiger partial charge in [-0.1, -0.05) is 85.4 Å². The largest absolute Gasteiger partial charge is 0.273 e. The van der Waals surface area contributed by atoms with E-state index in [0.717, 1.165) is 29.1 Å². The highest BCUT2D eigenvalue weighted by atomic mass is 32.2. The maximum atomic E-state index is 13.4. The molecule has 31 heavy (non-hydrogen) atoms. The predicted octanol–water partition coefficient (Wildman–Crippen LogP) is 6.70. The number of carbonyl (C=O) groups is 2. The van der Waals surface area contributed by atoms with Gasteiger partial charge in [0.2, 0.25) is 0 Å². The van der Waals surface area contributed by atoms with Crippen molar-refractivity contribution in [3.63, 3.8) is 0 Å². The van der Waals surface area contributed by atoms with Gasteiger partial charge in [0.15, 0.2) is 0 Å². The summed E-state index contributed by atoms with van der Waals surface area (Å²) in [6.45, 7) is 2.17. The Kier molecular flexibility index (Phi) is 6.95. The summed E-state index contributed by atoms with van der Waals surface area (Å²) in [6.07, 6.45) is 3.26. The standard InChI is InChI=1S/C26H23NO2S2/c1-2-3-10-19-15-17-20(18-16-19)27-25(28)23(30-21-11-6-4-7-12-21)24(26(27)29)31-22-13-8-5-9-14-22/h4-9,11-18H,2-3,10H2,1H3. The zero-order chi connectivity index (χ0) is 21.6. The van der Waals surface area contributed by atoms with Crippen molar-refractivity contribution in [3.8, 4) is 0 Å². The van der Waals surface area contributed by atoms with Crippen molar-refractivity contribution in [2.75, 3.05) is 4.90 Å². The lowest BCUT2D eigenvalue weighted by atomic mass is 10.1. The molecular weight excluding hydrogens is 422 g/mol. The molecule has 0 atom stereocenters. The van der Waals surface area contributed by atoms with E-state index in [1.807, 2.05) is 84.9 Å². The summed E-state index contributed by atoms with van der Waals surface area (Å²) in [7, 11) is 0. The second-order valence-corrected chi connectivity index (χ2v) is 9.37. The molecule has 0 saturated heterocycles. The number of unbranched alkanes of at least 4 members (excludes halogenated alkanes) is 1. The second kappa shape index (κ2) is 10.0. The Morgan fingerprint density at radius 3 is 1.61 bits per heavy atom. The first-order valence-electron chi connectivity index (χ1n) is 10.3. The molecule has 4 rings (SSSR count). The van der Waals surface area contributed by atoms with Crippen LogP contribution in [0, 0.1) is 0 Å². The average Bonchev–Trinajstić information content (AvgIpc) is 3.03. The number of imide groups is 1. The fourth-order valence-corrected chi connectivity index (χ4v) is 5.33. The minimum atomic E-state index is -0.265. The Bertz CT molecular complexity index is 1030. The topological polar surface area (TPSA) is 37.4 Å². The van der Waals surface area contributed by atoms with Gasteiger partial charge in [-0.2, -0.15) is 0 Å². The molecule has 0 bridgehead atoms. The van der Waals surface area contributed by atoms with E-state index in [-0.39, 0.29) is 11.8 Å². The van der Waals surface area contributed by atoms with E-state index >= 15 is 0 Å². The normalized spacial score (nSPS) is 13.9. The first-order valence-corrected chi connectivity index (χ1v) is 12.0. The predicted molar refractivity (Wildman–Crippen MR) is 129 cm³/mol. The Morgan fingerprint density at radius 1 is 0.677 bits per heavy atom. The fourth-order valence-electron chi connectivity index (χ4n) is 3.31. The second-order valence-electron chi connectivity index (χ2n) is 7.20. The van der Waals surface area contributed by atoms with Crippen LogP contribution in [0.4, 0.5) is 5.69 Å². The summed E-state index contributed by atoms with van der Waals surface area (Å²) >= 11 is 2.70. The molecule has 0 unspecified atom stereocenters. The molecule has 3 aromatic rings. The van der Waals surface area contributed by atoms with E-state index in [9.17, 15) is 9.59 Å². The first kappa shape index (κ1) is 21.5. The van der Waals surface area contributed by atoms with Gasteiger partial charge < -0.3 is 0 Å². The number of aryl methyl sites for hydroxylation is 1. The molecule has 1 aliphatic rings. The number of nitrogens with zero attached hydrogens (tertiary/aromatic N) is 1. The van der Waals surface area contributed by atoms with Crippen molar-refractivity contribution in [2.45, 2.75) is 36.0 Å². The van der Waals surface area contributed by atoms with Crippen LogP contribution in [0.15, 0.2) is 105 Å². The van der Waals surface area contributed by atoms with E-state index in [0.29, 0.717) is 15.5 Å². The Morgan fingerprint density at radius 2 is 1.16 bits per heavy atom. The van der Waals surface area contributed by atoms with Crippen LogP contribution in [0.5, 0.6) is 0 Å². The molecule has 0 fully saturated rings. The highest BCUT2D eigenvalue weighted by Crippen LogP contribution is 2.43. The van der Waals surface area contributed by atoms with Gasteiger partial charge in [-0.15, -0.1) is 0 Å². The smallest absolute Gasteiger partial charge is 0.268 e. The number of hydrogen-bond donors (Lipinski definition) is 0. The number of carbonyl (C=O) groups excluding carboxylic acids is 2. The molecule has 0 aliphatic carbocycles. The maximum Gasteiger partial charge on any atom is 0.273 e. The van der Waals surface area contributed by atoms with E-state index in [2.05, 4.69) is 6.92 Å². The molecule has 3 nitrogen and oxygen atoms in total. The van der Waals surface area contributed by atoms with Crippen molar-refractivity contribution in [1.82, 2.24) is 0 Å². The molecule has 0 N–H and O–H groups in total. The number of hydrogen-bond acceptors (Lipinski definition) is 4. The van der Waals surface area contributed by atoms with Gasteiger partial charge >= 0.3 is 0 Å². The Balaban J connectivity index is 1.66. The van der Waals surface area contributed by atoms with Gasteiger partial charge in [0, 0.05) is 9.79 Å². The lowest BCUT2D eigenvalue weighted by Crippen LogP contribution is -2.31. The fraction of sp³-hybridized carbons (Fsp3) is 0.154. The molecule has 0 radical (unpaired) electrons. The van der Waals surface area contributed by atoms with Gasteiger partial charge in [-0.25, -0.2) is 4.90 Å². The summed E-state index contributed by atoms with van der Waals surface area (Å²) in [6, 6.07) is 27.2. The number of benzene rings is 3. The van der Waals surface area contributed by atoms with Crippen molar-refractivity contribution in [3.05, 3.63) is 100 Å². The van der Waals surface area contributed by atoms with Crippen LogP contribution in [0.1, 0.15) is 25.3 Å². The summed E-state index contributed by atoms with van der Waals surface area (Å²) in [5.74, 6) is -0.530. The summed E-state index contributed by atoms with van der Waals surface area (Å²) in [5, 5.41) is 0. The minimum Gasteiger partial charge on any atom is -0.268 e. The quantitative estimate of drug-likeness (QED) is 0.362. The summed E-state index contributed by atoms with van der Waals surface area (Å²) in [4.78, 5) is 30.9. The summed E-state index contributed by atoms with van der Waals surface area (Å²) < 4.78 is 0. The van der Waals surface area contributed by atoms with Crippen LogP contribution >= 0.6 is 23.5 Å². The van der Waals surface area contributed by atoms with Crippen LogP contribution in [0.2, 0.25) is 0 Å². The number of amides is 2. The maximum absolute atomic E-state index is 13.4. The molecule has 1 heterocycles. The molecular formula is C26H23NO2S2. The van der Waals surface area contributed by atoms with Crippen molar-refractivity contribution in [2.24, 2.45) is 0 Å². The Hall–Kier alpha value is -2.76. The third-order valence-electron chi connectivity index (χ3n) is 4.94. The molecule has 2 amide bonds. The van der Waals surface area contributed by atoms with E-state index in [4.69, 9.17) is 0 Å². The lowest BCUT2D eigenvalue weighted by molar-refractivity contribution is -0.120. The van der Waals surface area contributed by atoms with Crippen LogP contribution < -0.4 is 4.90 Å². The van der Waals surface area contributed by atoms with Crippen LogP contribution in [-0.4, -0.2) is 11.8 Å². The third kappa shape index (κ3) is 4.94. The highest BCUT2D eigenvalue weighted by Gasteiger charge is 2.40. The van der Waals surface area contributed by atoms with Crippen molar-refractivity contribution in [1.29, 1.82) is 0 Å². The van der Waals surface area contributed by atoms with Gasteiger partial charge in [-0.05, 0) is 54.8 Å². The van der Waals surface area contributed by atoms with Crippen LogP contribution in [0.25, 0.3) is 0 Å². The van der Waals surface area contributed by atoms with Gasteiger partial charge in [-0.3, -0.25) is 9.59 Å². The molecule has 3 aromatic carbocycles. The zero-order valence-electron chi connectivity index (χ0n) is 17.3. The molecule has 0 saturated carbocycles. The van der Waals surface area contributed by atoms with Crippen LogP contribution in [-0.2, 0) is 16.0 Å². The average molecular weight is 446 g/mol. The van der Waals surface area contributed by atoms with Crippen LogP contribution in [0.3, 0.4) is 0 Å². The summed E-state index contributed by atoms with van der Waals surface area (Å²) in [5.41, 5.74) is 1.83. The molecule has 0 spiro atoms. The van der Waals surface area contributed by atoms with E-state index < -0.39 is 0 Å². The SMILES string of the molecule is CCCCc1ccc(N2C(=O)C(Sc3ccccc3)=C(Sc3ccccc3)C2=O)cc1. The lowest BCUT2D eigenvalue weighted by Gasteiger charge is -2.15. The van der Waals surface area contributed by atoms with E-state index in [1.54, 1.807) is 0 Å². The number of anilines is 1.